The molecule has 0 amide bonds. The van der Waals surface area contributed by atoms with Crippen LogP contribution in [0.2, 0.25) is 0 Å². The third-order valence-corrected chi connectivity index (χ3v) is 5.49. The van der Waals surface area contributed by atoms with Crippen molar-refractivity contribution in [3.05, 3.63) is 40.6 Å². The maximum absolute atomic E-state index is 13.0. The van der Waals surface area contributed by atoms with Crippen molar-refractivity contribution >= 4 is 10.0 Å². The van der Waals surface area contributed by atoms with Crippen LogP contribution in [0, 0.1) is 33.6 Å². The zero-order chi connectivity index (χ0) is 18.1. The lowest BCUT2D eigenvalue weighted by atomic mass is 10.0. The van der Waals surface area contributed by atoms with E-state index in [2.05, 4.69) is 14.9 Å². The summed E-state index contributed by atoms with van der Waals surface area (Å²) < 4.78 is 34.1. The summed E-state index contributed by atoms with van der Waals surface area (Å²) in [5.74, 6) is 0.984. The van der Waals surface area contributed by atoms with Gasteiger partial charge in [-0.05, 0) is 44.2 Å². The minimum atomic E-state index is -3.70. The summed E-state index contributed by atoms with van der Waals surface area (Å²) in [5.41, 5.74) is 2.49. The molecule has 0 aliphatic carbocycles. The number of nitrogens with one attached hydrogen (secondary N) is 1. The Balaban J connectivity index is 2.41. The molecule has 24 heavy (non-hydrogen) atoms. The fourth-order valence-corrected chi connectivity index (χ4v) is 4.62. The lowest BCUT2D eigenvalue weighted by Gasteiger charge is -2.19. The van der Waals surface area contributed by atoms with Crippen LogP contribution in [0.25, 0.3) is 0 Å². The SMILES string of the molecule is Cc1cc(C)c(S(=O)(=O)NC(CC(C)C)c2nnc(C)o2)c(C)c1. The van der Waals surface area contributed by atoms with Gasteiger partial charge in [0, 0.05) is 6.92 Å². The van der Waals surface area contributed by atoms with Crippen LogP contribution in [0.3, 0.4) is 0 Å². The highest BCUT2D eigenvalue weighted by Crippen LogP contribution is 2.26. The fraction of sp³-hybridized carbons (Fsp3) is 0.529. The molecule has 1 N–H and O–H groups in total. The summed E-state index contributed by atoms with van der Waals surface area (Å²) in [4.78, 5) is 0.318. The molecule has 2 aromatic rings. The highest BCUT2D eigenvalue weighted by molar-refractivity contribution is 7.89. The van der Waals surface area contributed by atoms with Crippen LogP contribution >= 0.6 is 0 Å². The van der Waals surface area contributed by atoms with Crippen LogP contribution in [-0.4, -0.2) is 18.6 Å². The summed E-state index contributed by atoms with van der Waals surface area (Å²) in [6, 6.07) is 3.20. The van der Waals surface area contributed by atoms with E-state index < -0.39 is 16.1 Å². The minimum absolute atomic E-state index is 0.269. The summed E-state index contributed by atoms with van der Waals surface area (Å²) >= 11 is 0. The third kappa shape index (κ3) is 4.21. The van der Waals surface area contributed by atoms with Crippen LogP contribution in [0.4, 0.5) is 0 Å². The van der Waals surface area contributed by atoms with Gasteiger partial charge < -0.3 is 4.42 Å². The van der Waals surface area contributed by atoms with Crippen molar-refractivity contribution in [3.63, 3.8) is 0 Å². The lowest BCUT2D eigenvalue weighted by Crippen LogP contribution is -2.31. The van der Waals surface area contributed by atoms with Crippen molar-refractivity contribution in [2.45, 2.75) is 58.9 Å². The van der Waals surface area contributed by atoms with E-state index in [1.54, 1.807) is 6.92 Å². The molecule has 1 aromatic carbocycles. The van der Waals surface area contributed by atoms with Gasteiger partial charge in [0.15, 0.2) is 0 Å². The van der Waals surface area contributed by atoms with Gasteiger partial charge in [0.25, 0.3) is 0 Å². The van der Waals surface area contributed by atoms with Gasteiger partial charge >= 0.3 is 0 Å². The van der Waals surface area contributed by atoms with Crippen molar-refractivity contribution in [1.29, 1.82) is 0 Å². The molecule has 1 heterocycles. The Bertz CT molecular complexity index is 802. The molecule has 6 nitrogen and oxygen atoms in total. The maximum Gasteiger partial charge on any atom is 0.241 e. The summed E-state index contributed by atoms with van der Waals surface area (Å²) in [6.45, 7) is 11.3. The largest absolute Gasteiger partial charge is 0.424 e. The summed E-state index contributed by atoms with van der Waals surface area (Å²) in [7, 11) is -3.70. The topological polar surface area (TPSA) is 85.1 Å². The van der Waals surface area contributed by atoms with Gasteiger partial charge in [-0.15, -0.1) is 10.2 Å². The number of hydrogen-bond donors (Lipinski definition) is 1. The van der Waals surface area contributed by atoms with Gasteiger partial charge in [-0.3, -0.25) is 0 Å². The molecule has 0 spiro atoms. The summed E-state index contributed by atoms with van der Waals surface area (Å²) in [5, 5.41) is 7.81. The Morgan fingerprint density at radius 2 is 1.67 bits per heavy atom. The van der Waals surface area contributed by atoms with Gasteiger partial charge in [-0.25, -0.2) is 8.42 Å². The predicted molar refractivity (Wildman–Crippen MR) is 92.2 cm³/mol. The molecule has 0 bridgehead atoms. The molecule has 1 unspecified atom stereocenters. The maximum atomic E-state index is 13.0. The Hall–Kier alpha value is -1.73. The van der Waals surface area contributed by atoms with Crippen LogP contribution in [0.15, 0.2) is 21.4 Å². The van der Waals surface area contributed by atoms with Crippen LogP contribution in [0.5, 0.6) is 0 Å². The van der Waals surface area contributed by atoms with E-state index in [4.69, 9.17) is 4.42 Å². The number of aromatic nitrogens is 2. The molecular formula is C17H25N3O3S. The minimum Gasteiger partial charge on any atom is -0.424 e. The average Bonchev–Trinajstić information content (AvgIpc) is 2.82. The number of aryl methyl sites for hydroxylation is 4. The smallest absolute Gasteiger partial charge is 0.241 e. The van der Waals surface area contributed by atoms with Crippen LogP contribution in [-0.2, 0) is 10.0 Å². The molecule has 1 aromatic heterocycles. The number of rotatable bonds is 6. The Kier molecular flexibility index (Phi) is 5.45. The van der Waals surface area contributed by atoms with E-state index in [0.29, 0.717) is 23.1 Å². The fourth-order valence-electron chi connectivity index (χ4n) is 2.96. The van der Waals surface area contributed by atoms with E-state index in [1.165, 1.54) is 0 Å². The second-order valence-corrected chi connectivity index (χ2v) is 8.34. The lowest BCUT2D eigenvalue weighted by molar-refractivity contribution is 0.372. The molecule has 7 heteroatoms. The van der Waals surface area contributed by atoms with Crippen LogP contribution < -0.4 is 4.72 Å². The standard InChI is InChI=1S/C17H25N3O3S/c1-10(2)7-15(17-19-18-14(6)23-17)20-24(21,22)16-12(4)8-11(3)9-13(16)5/h8-10,15,20H,7H2,1-6H3. The van der Waals surface area contributed by atoms with E-state index in [-0.39, 0.29) is 5.92 Å². The van der Waals surface area contributed by atoms with Gasteiger partial charge in [-0.2, -0.15) is 4.72 Å². The average molecular weight is 351 g/mol. The monoisotopic (exact) mass is 351 g/mol. The first-order valence-electron chi connectivity index (χ1n) is 8.00. The first kappa shape index (κ1) is 18.6. The van der Waals surface area contributed by atoms with Crippen molar-refractivity contribution in [1.82, 2.24) is 14.9 Å². The van der Waals surface area contributed by atoms with Gasteiger partial charge in [0.2, 0.25) is 21.8 Å². The van der Waals surface area contributed by atoms with Gasteiger partial charge in [-0.1, -0.05) is 31.5 Å². The zero-order valence-corrected chi connectivity index (χ0v) is 15.9. The normalized spacial score (nSPS) is 13.5. The molecule has 132 valence electrons. The van der Waals surface area contributed by atoms with E-state index in [0.717, 1.165) is 16.7 Å². The van der Waals surface area contributed by atoms with Gasteiger partial charge in [0.05, 0.1) is 4.90 Å². The first-order chi connectivity index (χ1) is 11.1. The van der Waals surface area contributed by atoms with Crippen molar-refractivity contribution in [2.24, 2.45) is 5.92 Å². The number of nitrogens with zero attached hydrogens (tertiary/aromatic N) is 2. The molecule has 0 saturated carbocycles. The van der Waals surface area contributed by atoms with Crippen molar-refractivity contribution < 1.29 is 12.8 Å². The molecular weight excluding hydrogens is 326 g/mol. The number of sulfonamides is 1. The zero-order valence-electron chi connectivity index (χ0n) is 15.0. The molecule has 1 atom stereocenters. The second-order valence-electron chi connectivity index (χ2n) is 6.69. The predicted octanol–water partition coefficient (Wildman–Crippen LogP) is 3.37. The molecule has 0 aliphatic heterocycles. The number of benzene rings is 1. The summed E-state index contributed by atoms with van der Waals surface area (Å²) in [6.07, 6.45) is 0.574. The van der Waals surface area contributed by atoms with Crippen molar-refractivity contribution in [3.8, 4) is 0 Å². The highest BCUT2D eigenvalue weighted by Gasteiger charge is 2.28. The Morgan fingerprint density at radius 3 is 2.12 bits per heavy atom. The molecule has 0 saturated heterocycles. The number of hydrogen-bond acceptors (Lipinski definition) is 5. The quantitative estimate of drug-likeness (QED) is 0.862. The van der Waals surface area contributed by atoms with Crippen molar-refractivity contribution in [2.75, 3.05) is 0 Å². The molecule has 0 aliphatic rings. The van der Waals surface area contributed by atoms with E-state index >= 15 is 0 Å². The molecule has 0 fully saturated rings. The second kappa shape index (κ2) is 7.03. The van der Waals surface area contributed by atoms with E-state index in [1.807, 2.05) is 46.8 Å². The molecule has 2 rings (SSSR count). The third-order valence-electron chi connectivity index (χ3n) is 3.72. The van der Waals surface area contributed by atoms with E-state index in [9.17, 15) is 8.42 Å². The van der Waals surface area contributed by atoms with Crippen LogP contribution in [0.1, 0.15) is 54.8 Å². The Morgan fingerprint density at radius 1 is 1.08 bits per heavy atom. The molecule has 0 radical (unpaired) electrons. The van der Waals surface area contributed by atoms with Gasteiger partial charge in [0.1, 0.15) is 6.04 Å². The Labute approximate surface area is 143 Å². The first-order valence-corrected chi connectivity index (χ1v) is 9.48. The highest BCUT2D eigenvalue weighted by atomic mass is 32.2.